The molecule has 0 radical (unpaired) electrons. The molecule has 0 spiro atoms. The Hall–Kier alpha value is -2.63. The average molecular weight is 316 g/mol. The van der Waals surface area contributed by atoms with Crippen molar-refractivity contribution in [2.24, 2.45) is 11.0 Å². The first-order valence-corrected chi connectivity index (χ1v) is 7.46. The number of rotatable bonds is 6. The summed E-state index contributed by atoms with van der Waals surface area (Å²) in [7, 11) is 0. The molecular formula is C17H20N2O4. The number of carboxylic acids is 1. The summed E-state index contributed by atoms with van der Waals surface area (Å²) in [5, 5.41) is 14.8. The van der Waals surface area contributed by atoms with Gasteiger partial charge >= 0.3 is 5.97 Å². The molecule has 2 rings (SSSR count). The minimum Gasteiger partial charge on any atom is -0.498 e. The van der Waals surface area contributed by atoms with Crippen LogP contribution in [0, 0.1) is 5.92 Å². The van der Waals surface area contributed by atoms with Crippen LogP contribution in [-0.2, 0) is 20.9 Å². The van der Waals surface area contributed by atoms with Crippen LogP contribution in [-0.4, -0.2) is 34.3 Å². The lowest BCUT2D eigenvalue weighted by molar-refractivity contribution is -0.138. The summed E-state index contributed by atoms with van der Waals surface area (Å²) in [5.74, 6) is -1.84. The van der Waals surface area contributed by atoms with Crippen LogP contribution in [0.25, 0.3) is 0 Å². The van der Waals surface area contributed by atoms with Gasteiger partial charge in [0.05, 0.1) is 24.8 Å². The largest absolute Gasteiger partial charge is 0.498 e. The maximum Gasteiger partial charge on any atom is 0.312 e. The summed E-state index contributed by atoms with van der Waals surface area (Å²) in [6.45, 7) is 5.67. The molecular weight excluding hydrogens is 296 g/mol. The molecule has 0 saturated carbocycles. The SMILES string of the molecule is CCOC(C)=C1C(=O)N(Cc2ccccc2)N=C1C(C)C(=O)O. The zero-order valence-electron chi connectivity index (χ0n) is 13.4. The van der Waals surface area contributed by atoms with Crippen molar-refractivity contribution in [3.63, 3.8) is 0 Å². The first-order chi connectivity index (χ1) is 11.0. The highest BCUT2D eigenvalue weighted by Gasteiger charge is 2.37. The number of ether oxygens (including phenoxy) is 1. The highest BCUT2D eigenvalue weighted by atomic mass is 16.5. The second kappa shape index (κ2) is 7.09. The Bertz CT molecular complexity index is 664. The van der Waals surface area contributed by atoms with Gasteiger partial charge in [-0.25, -0.2) is 5.01 Å². The quantitative estimate of drug-likeness (QED) is 0.645. The van der Waals surface area contributed by atoms with Crippen LogP contribution in [0.15, 0.2) is 46.8 Å². The van der Waals surface area contributed by atoms with E-state index in [-0.39, 0.29) is 17.2 Å². The van der Waals surface area contributed by atoms with Crippen LogP contribution in [0.3, 0.4) is 0 Å². The van der Waals surface area contributed by atoms with Crippen molar-refractivity contribution >= 4 is 17.6 Å². The molecule has 1 aromatic rings. The molecule has 6 heteroatoms. The Morgan fingerprint density at radius 1 is 1.35 bits per heavy atom. The Morgan fingerprint density at radius 2 is 2.00 bits per heavy atom. The van der Waals surface area contributed by atoms with Crippen LogP contribution in [0.4, 0.5) is 0 Å². The Balaban J connectivity index is 2.37. The van der Waals surface area contributed by atoms with Crippen molar-refractivity contribution in [2.75, 3.05) is 6.61 Å². The van der Waals surface area contributed by atoms with Crippen molar-refractivity contribution in [2.45, 2.75) is 27.3 Å². The Labute approximate surface area is 135 Å². The molecule has 1 atom stereocenters. The van der Waals surface area contributed by atoms with Gasteiger partial charge in [0.1, 0.15) is 11.3 Å². The number of nitrogens with zero attached hydrogens (tertiary/aromatic N) is 2. The van der Waals surface area contributed by atoms with Gasteiger partial charge in [-0.3, -0.25) is 9.59 Å². The number of aliphatic carboxylic acids is 1. The van der Waals surface area contributed by atoms with Gasteiger partial charge in [-0.1, -0.05) is 30.3 Å². The molecule has 0 saturated heterocycles. The summed E-state index contributed by atoms with van der Waals surface area (Å²) >= 11 is 0. The lowest BCUT2D eigenvalue weighted by atomic mass is 9.98. The molecule has 122 valence electrons. The fourth-order valence-electron chi connectivity index (χ4n) is 2.37. The minimum atomic E-state index is -1.03. The molecule has 0 aliphatic carbocycles. The minimum absolute atomic E-state index is 0.240. The van der Waals surface area contributed by atoms with Gasteiger partial charge in [-0.2, -0.15) is 5.10 Å². The van der Waals surface area contributed by atoms with E-state index >= 15 is 0 Å². The van der Waals surface area contributed by atoms with Gasteiger partial charge in [0.15, 0.2) is 0 Å². The van der Waals surface area contributed by atoms with Crippen LogP contribution in [0.5, 0.6) is 0 Å². The zero-order valence-corrected chi connectivity index (χ0v) is 13.4. The molecule has 6 nitrogen and oxygen atoms in total. The van der Waals surface area contributed by atoms with E-state index in [4.69, 9.17) is 4.74 Å². The van der Waals surface area contributed by atoms with Crippen LogP contribution in [0.2, 0.25) is 0 Å². The fourth-order valence-corrected chi connectivity index (χ4v) is 2.37. The first kappa shape index (κ1) is 16.7. The average Bonchev–Trinajstić information content (AvgIpc) is 2.84. The third-order valence-corrected chi connectivity index (χ3v) is 3.60. The van der Waals surface area contributed by atoms with Crippen molar-refractivity contribution in [3.8, 4) is 0 Å². The van der Waals surface area contributed by atoms with Gasteiger partial charge in [-0.15, -0.1) is 0 Å². The summed E-state index contributed by atoms with van der Waals surface area (Å²) in [4.78, 5) is 24.0. The van der Waals surface area contributed by atoms with E-state index in [1.54, 1.807) is 6.92 Å². The molecule has 1 N–H and O–H groups in total. The number of carboxylic acid groups (broad SMARTS) is 1. The summed E-state index contributed by atoms with van der Waals surface area (Å²) in [6, 6.07) is 9.42. The number of hydrogen-bond donors (Lipinski definition) is 1. The lowest BCUT2D eigenvalue weighted by Crippen LogP contribution is -2.25. The number of amides is 1. The highest BCUT2D eigenvalue weighted by molar-refractivity contribution is 6.28. The van der Waals surface area contributed by atoms with Gasteiger partial charge in [0.2, 0.25) is 0 Å². The number of hydrazone groups is 1. The van der Waals surface area contributed by atoms with Crippen molar-refractivity contribution in [1.82, 2.24) is 5.01 Å². The lowest BCUT2D eigenvalue weighted by Gasteiger charge is -2.12. The molecule has 0 bridgehead atoms. The van der Waals surface area contributed by atoms with Crippen LogP contribution >= 0.6 is 0 Å². The molecule has 0 aromatic heterocycles. The van der Waals surface area contributed by atoms with Crippen molar-refractivity contribution in [1.29, 1.82) is 0 Å². The standard InChI is InChI=1S/C17H20N2O4/c1-4-23-12(3)14-15(11(2)17(21)22)18-19(16(14)20)10-13-8-6-5-7-9-13/h5-9,11H,4,10H2,1-3H3,(H,21,22). The number of benzene rings is 1. The molecule has 1 amide bonds. The monoisotopic (exact) mass is 316 g/mol. The molecule has 1 aromatic carbocycles. The van der Waals surface area contributed by atoms with Gasteiger partial charge in [0, 0.05) is 0 Å². The topological polar surface area (TPSA) is 79.2 Å². The second-order valence-electron chi connectivity index (χ2n) is 5.26. The first-order valence-electron chi connectivity index (χ1n) is 7.46. The van der Waals surface area contributed by atoms with Crippen LogP contribution < -0.4 is 0 Å². The Morgan fingerprint density at radius 3 is 2.57 bits per heavy atom. The van der Waals surface area contributed by atoms with E-state index < -0.39 is 11.9 Å². The maximum absolute atomic E-state index is 12.6. The smallest absolute Gasteiger partial charge is 0.312 e. The van der Waals surface area contributed by atoms with Gasteiger partial charge in [-0.05, 0) is 26.3 Å². The molecule has 1 unspecified atom stereocenters. The van der Waals surface area contributed by atoms with E-state index in [0.29, 0.717) is 18.9 Å². The maximum atomic E-state index is 12.6. The van der Waals surface area contributed by atoms with E-state index in [1.807, 2.05) is 37.3 Å². The molecule has 1 heterocycles. The van der Waals surface area contributed by atoms with Gasteiger partial charge in [0.25, 0.3) is 5.91 Å². The summed E-state index contributed by atoms with van der Waals surface area (Å²) in [5.41, 5.74) is 1.41. The predicted molar refractivity (Wildman–Crippen MR) is 85.6 cm³/mol. The normalized spacial score (nSPS) is 17.8. The van der Waals surface area contributed by atoms with E-state index in [0.717, 1.165) is 5.56 Å². The van der Waals surface area contributed by atoms with Crippen LogP contribution in [0.1, 0.15) is 26.3 Å². The molecule has 23 heavy (non-hydrogen) atoms. The number of carbonyl (C=O) groups excluding carboxylic acids is 1. The predicted octanol–water partition coefficient (Wildman–Crippen LogP) is 2.42. The van der Waals surface area contributed by atoms with E-state index in [2.05, 4.69) is 5.10 Å². The third kappa shape index (κ3) is 3.59. The highest BCUT2D eigenvalue weighted by Crippen LogP contribution is 2.25. The van der Waals surface area contributed by atoms with E-state index in [1.165, 1.54) is 11.9 Å². The number of allylic oxidation sites excluding steroid dienone is 1. The van der Waals surface area contributed by atoms with Crippen molar-refractivity contribution in [3.05, 3.63) is 47.2 Å². The summed E-state index contributed by atoms with van der Waals surface area (Å²) < 4.78 is 5.41. The summed E-state index contributed by atoms with van der Waals surface area (Å²) in [6.07, 6.45) is 0. The molecule has 0 fully saturated rings. The molecule has 1 aliphatic rings. The fraction of sp³-hybridized carbons (Fsp3) is 0.353. The second-order valence-corrected chi connectivity index (χ2v) is 5.26. The Kier molecular flexibility index (Phi) is 5.16. The zero-order chi connectivity index (χ0) is 17.0. The molecule has 1 aliphatic heterocycles. The van der Waals surface area contributed by atoms with Crippen molar-refractivity contribution < 1.29 is 19.4 Å². The van der Waals surface area contributed by atoms with Gasteiger partial charge < -0.3 is 9.84 Å². The third-order valence-electron chi connectivity index (χ3n) is 3.60. The number of hydrogen-bond acceptors (Lipinski definition) is 4. The number of carbonyl (C=O) groups is 2. The van der Waals surface area contributed by atoms with E-state index in [9.17, 15) is 14.7 Å².